The van der Waals surface area contributed by atoms with Crippen LogP contribution in [0, 0.1) is 10.1 Å². The first kappa shape index (κ1) is 23.9. The van der Waals surface area contributed by atoms with Crippen LogP contribution >= 0.6 is 0 Å². The van der Waals surface area contributed by atoms with Crippen molar-refractivity contribution in [2.75, 3.05) is 7.11 Å². The van der Waals surface area contributed by atoms with Crippen LogP contribution in [0.3, 0.4) is 0 Å². The highest BCUT2D eigenvalue weighted by Gasteiger charge is 2.29. The number of nitrogens with zero attached hydrogens (tertiary/aromatic N) is 1. The van der Waals surface area contributed by atoms with Crippen LogP contribution in [-0.2, 0) is 19.1 Å². The van der Waals surface area contributed by atoms with E-state index in [1.54, 1.807) is 0 Å². The van der Waals surface area contributed by atoms with Crippen molar-refractivity contribution in [3.8, 4) is 0 Å². The number of aliphatic carboxylic acids is 2. The fourth-order valence-electron chi connectivity index (χ4n) is 1.54. The molecule has 0 saturated carbocycles. The van der Waals surface area contributed by atoms with Crippen LogP contribution in [0.2, 0.25) is 0 Å². The van der Waals surface area contributed by atoms with Crippen LogP contribution in [0.25, 0.3) is 0 Å². The number of ether oxygens (including phenoxy) is 1. The minimum absolute atomic E-state index is 0.104. The zero-order chi connectivity index (χ0) is 21.3. The number of carboxylic acid groups (broad SMARTS) is 2. The van der Waals surface area contributed by atoms with Gasteiger partial charge in [-0.15, -0.1) is 0 Å². The molecule has 27 heavy (non-hydrogen) atoms. The summed E-state index contributed by atoms with van der Waals surface area (Å²) in [7, 11) is 1.16. The van der Waals surface area contributed by atoms with Gasteiger partial charge < -0.3 is 36.0 Å². The molecule has 0 radical (unpaired) electrons. The maximum atomic E-state index is 11.1. The molecule has 0 saturated heterocycles. The number of non-ortho nitro benzene ring substituents is 1. The smallest absolute Gasteiger partial charge is 0.335 e. The predicted octanol–water partition coefficient (Wildman–Crippen LogP) is -1.99. The average Bonchev–Trinajstić information content (AvgIpc) is 2.65. The summed E-state index contributed by atoms with van der Waals surface area (Å²) >= 11 is 0. The molecule has 1 rings (SSSR count). The number of carbonyl (C=O) groups is 3. The third kappa shape index (κ3) is 7.33. The highest BCUT2D eigenvalue weighted by molar-refractivity contribution is 5.83. The first-order chi connectivity index (χ1) is 12.4. The number of rotatable bonds is 7. The number of esters is 1. The molecule has 2 unspecified atom stereocenters. The van der Waals surface area contributed by atoms with Crippen LogP contribution in [0.1, 0.15) is 11.7 Å². The molecule has 13 nitrogen and oxygen atoms in total. The number of carbonyl (C=O) groups excluding carboxylic acids is 1. The fraction of sp³-hybridized carbons (Fsp3) is 0.357. The number of nitro groups is 1. The Kier molecular flexibility index (Phi) is 9.52. The fourth-order valence-corrected chi connectivity index (χ4v) is 1.54. The normalized spacial score (nSPS) is 14.6. The molecule has 0 spiro atoms. The monoisotopic (exact) mass is 390 g/mol. The number of carboxylic acids is 2. The van der Waals surface area contributed by atoms with Crippen molar-refractivity contribution < 1.29 is 49.6 Å². The Morgan fingerprint density at radius 3 is 1.74 bits per heavy atom. The first-order valence-electron chi connectivity index (χ1n) is 7.01. The Bertz CT molecular complexity index is 658. The molecule has 0 aromatic heterocycles. The number of benzene rings is 1. The van der Waals surface area contributed by atoms with Gasteiger partial charge in [-0.05, 0) is 17.7 Å². The quantitative estimate of drug-likeness (QED) is 0.169. The number of nitro benzene ring substituents is 1. The van der Waals surface area contributed by atoms with Gasteiger partial charge in [-0.3, -0.25) is 14.9 Å². The molecular weight excluding hydrogens is 372 g/mol. The molecule has 0 amide bonds. The standard InChI is InChI=1S/C10H12N2O5.C4H6O6/c1-17-10(14)8(11)9(13)6-2-4-7(5-3-6)12(15)16;5-1(3(7)8)2(6)4(9)10/h2-5,8-9,13H,11H2,1H3;1-2,5-6H,(H,7,8)(H,9,10)/t8-,9+;/m0./s1. The summed E-state index contributed by atoms with van der Waals surface area (Å²) in [5.41, 5.74) is 5.65. The van der Waals surface area contributed by atoms with Crippen molar-refractivity contribution in [2.45, 2.75) is 24.4 Å². The minimum atomic E-state index is -2.27. The summed E-state index contributed by atoms with van der Waals surface area (Å²) in [5, 5.41) is 52.7. The van der Waals surface area contributed by atoms with Gasteiger partial charge in [0, 0.05) is 12.1 Å². The van der Waals surface area contributed by atoms with Crippen molar-refractivity contribution in [1.82, 2.24) is 0 Å². The van der Waals surface area contributed by atoms with Crippen molar-refractivity contribution in [2.24, 2.45) is 5.73 Å². The third-order valence-electron chi connectivity index (χ3n) is 3.06. The van der Waals surface area contributed by atoms with Gasteiger partial charge >= 0.3 is 17.9 Å². The molecule has 0 aliphatic rings. The Morgan fingerprint density at radius 1 is 1.04 bits per heavy atom. The zero-order valence-electron chi connectivity index (χ0n) is 13.8. The number of aliphatic hydroxyl groups excluding tert-OH is 3. The predicted molar refractivity (Wildman–Crippen MR) is 85.3 cm³/mol. The maximum absolute atomic E-state index is 11.1. The van der Waals surface area contributed by atoms with Crippen molar-refractivity contribution in [3.63, 3.8) is 0 Å². The average molecular weight is 390 g/mol. The molecule has 1 aromatic carbocycles. The van der Waals surface area contributed by atoms with Crippen LogP contribution in [0.4, 0.5) is 5.69 Å². The SMILES string of the molecule is COC(=O)[C@@H](N)[C@H](O)c1ccc([N+](=O)[O-])cc1.O=C(O)C(O)C(O)C(=O)O. The Balaban J connectivity index is 0.000000580. The Morgan fingerprint density at radius 2 is 1.44 bits per heavy atom. The lowest BCUT2D eigenvalue weighted by molar-refractivity contribution is -0.384. The van der Waals surface area contributed by atoms with E-state index in [9.17, 15) is 29.6 Å². The van der Waals surface area contributed by atoms with Gasteiger partial charge in [0.25, 0.3) is 5.69 Å². The second-order valence-corrected chi connectivity index (χ2v) is 4.91. The van der Waals surface area contributed by atoms with E-state index >= 15 is 0 Å². The first-order valence-corrected chi connectivity index (χ1v) is 7.01. The van der Waals surface area contributed by atoms with Gasteiger partial charge in [-0.2, -0.15) is 0 Å². The molecule has 0 aliphatic heterocycles. The summed E-state index contributed by atoms with van der Waals surface area (Å²) in [6.45, 7) is 0. The van der Waals surface area contributed by atoms with Crippen LogP contribution < -0.4 is 5.73 Å². The summed E-state index contributed by atoms with van der Waals surface area (Å²) < 4.78 is 4.38. The van der Waals surface area contributed by atoms with E-state index in [0.717, 1.165) is 7.11 Å². The number of nitrogens with two attached hydrogens (primary N) is 1. The van der Waals surface area contributed by atoms with Gasteiger partial charge in [0.1, 0.15) is 12.1 Å². The second-order valence-electron chi connectivity index (χ2n) is 4.91. The molecule has 13 heteroatoms. The van der Waals surface area contributed by atoms with E-state index in [1.807, 2.05) is 0 Å². The van der Waals surface area contributed by atoms with Gasteiger partial charge in [0.2, 0.25) is 0 Å². The van der Waals surface area contributed by atoms with Crippen molar-refractivity contribution >= 4 is 23.6 Å². The van der Waals surface area contributed by atoms with E-state index < -0.39 is 47.2 Å². The molecular formula is C14H18N2O11. The molecule has 0 aliphatic carbocycles. The van der Waals surface area contributed by atoms with Crippen molar-refractivity contribution in [3.05, 3.63) is 39.9 Å². The van der Waals surface area contributed by atoms with Crippen molar-refractivity contribution in [1.29, 1.82) is 0 Å². The number of hydrogen-bond donors (Lipinski definition) is 6. The highest BCUT2D eigenvalue weighted by atomic mass is 16.6. The lowest BCUT2D eigenvalue weighted by Crippen LogP contribution is -2.39. The van der Waals surface area contributed by atoms with E-state index in [-0.39, 0.29) is 5.69 Å². The Hall–Kier alpha value is -3.13. The molecule has 1 aromatic rings. The summed E-state index contributed by atoms with van der Waals surface area (Å²) in [6.07, 6.45) is -5.79. The zero-order valence-corrected chi connectivity index (χ0v) is 13.8. The molecule has 7 N–H and O–H groups in total. The Labute approximate surface area is 151 Å². The topological polar surface area (TPSA) is 231 Å². The highest BCUT2D eigenvalue weighted by Crippen LogP contribution is 2.19. The summed E-state index contributed by atoms with van der Waals surface area (Å²) in [6, 6.07) is 3.91. The summed E-state index contributed by atoms with van der Waals surface area (Å²) in [4.78, 5) is 40.5. The maximum Gasteiger partial charge on any atom is 0.335 e. The number of aliphatic hydroxyl groups is 3. The number of methoxy groups -OCH3 is 1. The van der Waals surface area contributed by atoms with E-state index in [0.29, 0.717) is 5.56 Å². The van der Waals surface area contributed by atoms with Crippen LogP contribution in [0.5, 0.6) is 0 Å². The van der Waals surface area contributed by atoms with E-state index in [1.165, 1.54) is 24.3 Å². The molecule has 0 fully saturated rings. The van der Waals surface area contributed by atoms with Gasteiger partial charge in [-0.1, -0.05) is 0 Å². The summed E-state index contributed by atoms with van der Waals surface area (Å²) in [5.74, 6) is -4.29. The molecule has 4 atom stereocenters. The number of hydrogen-bond acceptors (Lipinski definition) is 10. The van der Waals surface area contributed by atoms with Gasteiger partial charge in [-0.25, -0.2) is 9.59 Å². The van der Waals surface area contributed by atoms with E-state index in [2.05, 4.69) is 4.74 Å². The van der Waals surface area contributed by atoms with E-state index in [4.69, 9.17) is 26.2 Å². The largest absolute Gasteiger partial charge is 0.479 e. The van der Waals surface area contributed by atoms with Gasteiger partial charge in [0.15, 0.2) is 12.2 Å². The third-order valence-corrected chi connectivity index (χ3v) is 3.06. The second kappa shape index (κ2) is 10.8. The molecule has 0 bridgehead atoms. The lowest BCUT2D eigenvalue weighted by atomic mass is 10.0. The molecule has 150 valence electrons. The van der Waals surface area contributed by atoms with Crippen LogP contribution in [-0.4, -0.2) is 73.7 Å². The molecule has 0 heterocycles. The van der Waals surface area contributed by atoms with Crippen LogP contribution in [0.15, 0.2) is 24.3 Å². The lowest BCUT2D eigenvalue weighted by Gasteiger charge is -2.16. The minimum Gasteiger partial charge on any atom is -0.479 e. The van der Waals surface area contributed by atoms with Gasteiger partial charge in [0.05, 0.1) is 12.0 Å².